The molecule has 1 rings (SSSR count). The van der Waals surface area contributed by atoms with Gasteiger partial charge in [0, 0.05) is 23.0 Å². The third kappa shape index (κ3) is 10.7. The molecule has 1 N–H and O–H groups in total. The Hall–Kier alpha value is -0.610. The Morgan fingerprint density at radius 1 is 0.806 bits per heavy atom. The molecule has 0 radical (unpaired) electrons. The van der Waals surface area contributed by atoms with E-state index in [1.54, 1.807) is 0 Å². The van der Waals surface area contributed by atoms with Gasteiger partial charge in [-0.25, -0.2) is 0 Å². The lowest BCUT2D eigenvalue weighted by Gasteiger charge is -2.53. The highest BCUT2D eigenvalue weighted by Crippen LogP contribution is 2.43. The summed E-state index contributed by atoms with van der Waals surface area (Å²) in [6, 6.07) is 0. The number of unbranched alkanes of at least 4 members (excludes halogenated alkanes) is 13. The van der Waals surface area contributed by atoms with Crippen LogP contribution in [0.5, 0.6) is 0 Å². The van der Waals surface area contributed by atoms with Crippen molar-refractivity contribution in [3.63, 3.8) is 0 Å². The number of hydrogen-bond acceptors (Lipinski definition) is 4. The van der Waals surface area contributed by atoms with Crippen molar-refractivity contribution in [2.75, 3.05) is 0 Å². The third-order valence-corrected chi connectivity index (χ3v) is 7.41. The molecule has 4 heteroatoms. The second kappa shape index (κ2) is 14.5. The van der Waals surface area contributed by atoms with E-state index in [1.165, 1.54) is 82.1 Å². The molecule has 1 aliphatic heterocycles. The molecule has 0 bridgehead atoms. The SMILES string of the molecule is CCCCCCCCCCCCCCCCC(C(=O)[O-])C1CC(C)(C)N(O)C(C)(C)C1. The molecule has 1 fully saturated rings. The highest BCUT2D eigenvalue weighted by Gasteiger charge is 2.46. The lowest BCUT2D eigenvalue weighted by Crippen LogP contribution is -2.60. The average molecular weight is 439 g/mol. The largest absolute Gasteiger partial charge is 0.550 e. The van der Waals surface area contributed by atoms with Crippen LogP contribution >= 0.6 is 0 Å². The topological polar surface area (TPSA) is 63.6 Å². The molecular formula is C27H52NO3-. The van der Waals surface area contributed by atoms with Crippen LogP contribution in [0.15, 0.2) is 0 Å². The number of carboxylic acids is 1. The van der Waals surface area contributed by atoms with Gasteiger partial charge < -0.3 is 15.1 Å². The molecule has 0 amide bonds. The molecule has 31 heavy (non-hydrogen) atoms. The predicted octanol–water partition coefficient (Wildman–Crippen LogP) is 6.88. The molecule has 1 saturated heterocycles. The summed E-state index contributed by atoms with van der Waals surface area (Å²) in [4.78, 5) is 11.9. The van der Waals surface area contributed by atoms with Crippen molar-refractivity contribution in [3.8, 4) is 0 Å². The molecule has 1 aliphatic rings. The molecule has 1 atom stereocenters. The Kier molecular flexibility index (Phi) is 13.3. The molecule has 0 saturated carbocycles. The van der Waals surface area contributed by atoms with Crippen LogP contribution in [0, 0.1) is 11.8 Å². The van der Waals surface area contributed by atoms with E-state index in [0.717, 1.165) is 12.8 Å². The van der Waals surface area contributed by atoms with Gasteiger partial charge in [0.15, 0.2) is 0 Å². The van der Waals surface area contributed by atoms with Gasteiger partial charge in [0.05, 0.1) is 0 Å². The number of nitrogens with zero attached hydrogens (tertiary/aromatic N) is 1. The zero-order valence-corrected chi connectivity index (χ0v) is 21.4. The third-order valence-electron chi connectivity index (χ3n) is 7.41. The molecule has 0 spiro atoms. The Morgan fingerprint density at radius 3 is 1.52 bits per heavy atom. The van der Waals surface area contributed by atoms with Crippen LogP contribution in [-0.4, -0.2) is 27.3 Å². The molecular weight excluding hydrogens is 386 g/mol. The van der Waals surface area contributed by atoms with Gasteiger partial charge in [-0.1, -0.05) is 96.8 Å². The van der Waals surface area contributed by atoms with Crippen LogP contribution in [-0.2, 0) is 4.79 Å². The summed E-state index contributed by atoms with van der Waals surface area (Å²) in [5.41, 5.74) is -0.814. The van der Waals surface area contributed by atoms with Gasteiger partial charge in [-0.2, -0.15) is 5.06 Å². The van der Waals surface area contributed by atoms with Crippen LogP contribution in [0.25, 0.3) is 0 Å². The summed E-state index contributed by atoms with van der Waals surface area (Å²) in [5, 5.41) is 23.8. The maximum Gasteiger partial charge on any atom is 0.0448 e. The van der Waals surface area contributed by atoms with E-state index in [-0.39, 0.29) is 5.92 Å². The zero-order valence-electron chi connectivity index (χ0n) is 21.4. The zero-order chi connectivity index (χ0) is 23.3. The smallest absolute Gasteiger partial charge is 0.0448 e. The fraction of sp³-hybridized carbons (Fsp3) is 0.963. The van der Waals surface area contributed by atoms with Crippen LogP contribution in [0.1, 0.15) is 144 Å². The van der Waals surface area contributed by atoms with E-state index in [1.807, 2.05) is 27.7 Å². The van der Waals surface area contributed by atoms with Gasteiger partial charge in [0.25, 0.3) is 0 Å². The molecule has 0 aliphatic carbocycles. The van der Waals surface area contributed by atoms with Crippen molar-refractivity contribution in [1.82, 2.24) is 5.06 Å². The van der Waals surface area contributed by atoms with Crippen molar-refractivity contribution in [2.45, 2.75) is 155 Å². The highest BCUT2D eigenvalue weighted by atomic mass is 16.5. The van der Waals surface area contributed by atoms with E-state index >= 15 is 0 Å². The van der Waals surface area contributed by atoms with Crippen molar-refractivity contribution in [2.24, 2.45) is 11.8 Å². The minimum absolute atomic E-state index is 0.0698. The van der Waals surface area contributed by atoms with E-state index in [0.29, 0.717) is 19.3 Å². The van der Waals surface area contributed by atoms with Gasteiger partial charge in [-0.15, -0.1) is 0 Å². The van der Waals surface area contributed by atoms with Crippen LogP contribution in [0.3, 0.4) is 0 Å². The van der Waals surface area contributed by atoms with Crippen molar-refractivity contribution < 1.29 is 15.1 Å². The first-order valence-corrected chi connectivity index (χ1v) is 13.3. The number of carboxylic acid groups (broad SMARTS) is 1. The number of hydroxylamine groups is 2. The lowest BCUT2D eigenvalue weighted by atomic mass is 9.69. The predicted molar refractivity (Wildman–Crippen MR) is 128 cm³/mol. The van der Waals surface area contributed by atoms with E-state index in [9.17, 15) is 15.1 Å². The van der Waals surface area contributed by atoms with E-state index in [4.69, 9.17) is 0 Å². The summed E-state index contributed by atoms with van der Waals surface area (Å²) in [6.07, 6.45) is 20.4. The summed E-state index contributed by atoms with van der Waals surface area (Å²) >= 11 is 0. The molecule has 0 aromatic rings. The van der Waals surface area contributed by atoms with Gasteiger partial charge >= 0.3 is 0 Å². The van der Waals surface area contributed by atoms with Gasteiger partial charge in [0.2, 0.25) is 0 Å². The Bertz CT molecular complexity index is 471. The maximum absolute atomic E-state index is 11.9. The Balaban J connectivity index is 2.16. The molecule has 0 aromatic carbocycles. The summed E-state index contributed by atoms with van der Waals surface area (Å²) in [6.45, 7) is 10.3. The summed E-state index contributed by atoms with van der Waals surface area (Å²) in [5.74, 6) is -1.23. The van der Waals surface area contributed by atoms with Crippen LogP contribution < -0.4 is 5.11 Å². The fourth-order valence-corrected chi connectivity index (χ4v) is 5.74. The average Bonchev–Trinajstić information content (AvgIpc) is 2.68. The number of carbonyl (C=O) groups excluding carboxylic acids is 1. The Morgan fingerprint density at radius 2 is 1.16 bits per heavy atom. The van der Waals surface area contributed by atoms with Gasteiger partial charge in [-0.05, 0) is 52.9 Å². The number of carbonyl (C=O) groups is 1. The first-order chi connectivity index (χ1) is 14.6. The number of hydrogen-bond donors (Lipinski definition) is 1. The molecule has 184 valence electrons. The van der Waals surface area contributed by atoms with Crippen molar-refractivity contribution in [3.05, 3.63) is 0 Å². The maximum atomic E-state index is 11.9. The summed E-state index contributed by atoms with van der Waals surface area (Å²) in [7, 11) is 0. The van der Waals surface area contributed by atoms with E-state index in [2.05, 4.69) is 6.92 Å². The quantitative estimate of drug-likeness (QED) is 0.251. The first kappa shape index (κ1) is 28.4. The highest BCUT2D eigenvalue weighted by molar-refractivity contribution is 5.68. The molecule has 1 unspecified atom stereocenters. The molecule has 0 aromatic heterocycles. The number of rotatable bonds is 17. The van der Waals surface area contributed by atoms with Crippen molar-refractivity contribution >= 4 is 5.97 Å². The summed E-state index contributed by atoms with van der Waals surface area (Å²) < 4.78 is 0. The number of aliphatic carboxylic acids is 1. The fourth-order valence-electron chi connectivity index (χ4n) is 5.74. The minimum atomic E-state index is -0.905. The van der Waals surface area contributed by atoms with Gasteiger partial charge in [0.1, 0.15) is 0 Å². The lowest BCUT2D eigenvalue weighted by molar-refractivity contribution is -0.317. The van der Waals surface area contributed by atoms with E-state index < -0.39 is 23.0 Å². The number of piperidine rings is 1. The molecule has 1 heterocycles. The van der Waals surface area contributed by atoms with Crippen molar-refractivity contribution in [1.29, 1.82) is 0 Å². The minimum Gasteiger partial charge on any atom is -0.550 e. The van der Waals surface area contributed by atoms with Crippen LogP contribution in [0.4, 0.5) is 0 Å². The monoisotopic (exact) mass is 438 g/mol. The molecule has 4 nitrogen and oxygen atoms in total. The standard InChI is InChI=1S/C27H53NO3/c1-6-7-8-9-10-11-12-13-14-15-16-17-18-19-20-24(25(29)30)23-21-26(2,3)28(31)27(4,5)22-23/h23-24,31H,6-22H2,1-5H3,(H,29,30)/p-1. The van der Waals surface area contributed by atoms with Crippen LogP contribution in [0.2, 0.25) is 0 Å². The Labute approximate surface area is 193 Å². The first-order valence-electron chi connectivity index (χ1n) is 13.3. The second-order valence-corrected chi connectivity index (χ2v) is 11.4. The van der Waals surface area contributed by atoms with Gasteiger partial charge in [-0.3, -0.25) is 0 Å². The second-order valence-electron chi connectivity index (χ2n) is 11.4. The normalized spacial score (nSPS) is 20.1.